The Bertz CT molecular complexity index is 802. The Morgan fingerprint density at radius 2 is 1.67 bits per heavy atom. The Morgan fingerprint density at radius 1 is 0.889 bits per heavy atom. The van der Waals surface area contributed by atoms with Crippen molar-refractivity contribution in [3.05, 3.63) is 59.9 Å². The van der Waals surface area contributed by atoms with E-state index < -0.39 is 0 Å². The third-order valence-corrected chi connectivity index (χ3v) is 3.42. The molecule has 0 atom stereocenters. The van der Waals surface area contributed by atoms with E-state index in [4.69, 9.17) is 16.6 Å². The zero-order valence-corrected chi connectivity index (χ0v) is 10.2. The van der Waals surface area contributed by atoms with Crippen LogP contribution in [-0.2, 0) is 0 Å². The van der Waals surface area contributed by atoms with Crippen LogP contribution in [-0.4, -0.2) is 4.98 Å². The fraction of sp³-hybridized carbons (Fsp3) is 0. The first kappa shape index (κ1) is 9.92. The summed E-state index contributed by atoms with van der Waals surface area (Å²) in [5.74, 6) is 0.973. The quantitative estimate of drug-likeness (QED) is 0.599. The minimum absolute atomic E-state index is 0.718. The Morgan fingerprint density at radius 3 is 2.44 bits per heavy atom. The van der Waals surface area contributed by atoms with Crippen molar-refractivity contribution in [3.63, 3.8) is 0 Å². The molecule has 0 fully saturated rings. The van der Waals surface area contributed by atoms with Crippen LogP contribution in [0, 0.1) is 0 Å². The fourth-order valence-corrected chi connectivity index (χ4v) is 2.45. The minimum Gasteiger partial charge on any atom is -0.305 e. The van der Waals surface area contributed by atoms with Crippen molar-refractivity contribution in [2.75, 3.05) is 4.90 Å². The van der Waals surface area contributed by atoms with Gasteiger partial charge in [-0.25, -0.2) is 4.98 Å². The molecule has 0 spiro atoms. The first-order chi connectivity index (χ1) is 8.83. The highest BCUT2D eigenvalue weighted by Gasteiger charge is 2.16. The molecule has 0 saturated carbocycles. The molecule has 0 bridgehead atoms. The molecular weight excluding hydrogens is 244 g/mol. The van der Waals surface area contributed by atoms with E-state index in [9.17, 15) is 0 Å². The lowest BCUT2D eigenvalue weighted by atomic mass is 10.1. The monoisotopic (exact) mass is 252 g/mol. The molecule has 0 unspecified atom stereocenters. The van der Waals surface area contributed by atoms with Crippen molar-refractivity contribution in [3.8, 4) is 0 Å². The largest absolute Gasteiger partial charge is 0.305 e. The summed E-state index contributed by atoms with van der Waals surface area (Å²) in [5.41, 5.74) is 0.935. The summed E-state index contributed by atoms with van der Waals surface area (Å²) < 4.78 is 0. The Labute approximate surface area is 109 Å². The van der Waals surface area contributed by atoms with Crippen LogP contribution in [0.2, 0.25) is 5.02 Å². The van der Waals surface area contributed by atoms with E-state index in [-0.39, 0.29) is 0 Å². The van der Waals surface area contributed by atoms with Crippen molar-refractivity contribution in [1.29, 1.82) is 0 Å². The topological polar surface area (TPSA) is 15.9 Å². The van der Waals surface area contributed by atoms with Crippen molar-refractivity contribution < 1.29 is 0 Å². The molecule has 0 radical (unpaired) electrons. The number of hydrogen-bond donors (Lipinski definition) is 0. The molecule has 3 aromatic rings. The van der Waals surface area contributed by atoms with Gasteiger partial charge in [0, 0.05) is 28.2 Å². The van der Waals surface area contributed by atoms with Gasteiger partial charge in [0.15, 0.2) is 0 Å². The van der Waals surface area contributed by atoms with Crippen molar-refractivity contribution >= 4 is 39.1 Å². The number of aromatic nitrogens is 1. The molecule has 0 N–H and O–H groups in total. The number of nitrogens with zero attached hydrogens (tertiary/aromatic N) is 2. The molecular formula is C15H9ClN2. The molecule has 1 aliphatic rings. The predicted octanol–water partition coefficient (Wildman–Crippen LogP) is 4.33. The highest BCUT2D eigenvalue weighted by molar-refractivity contribution is 6.31. The normalized spacial score (nSPS) is 13.5. The van der Waals surface area contributed by atoms with Crippen LogP contribution in [0.25, 0.3) is 21.7 Å². The lowest BCUT2D eigenvalue weighted by Crippen LogP contribution is -1.96. The SMILES string of the molecule is Clc1ccc2c(c1)nc(N1C=C1)c1ccccc12. The molecule has 1 aliphatic heterocycles. The van der Waals surface area contributed by atoms with Gasteiger partial charge in [0.2, 0.25) is 0 Å². The third-order valence-electron chi connectivity index (χ3n) is 3.19. The summed E-state index contributed by atoms with van der Waals surface area (Å²) in [6.07, 6.45) is 4.01. The van der Waals surface area contributed by atoms with Gasteiger partial charge in [-0.05, 0) is 17.5 Å². The summed E-state index contributed by atoms with van der Waals surface area (Å²) in [4.78, 5) is 6.74. The molecule has 0 saturated heterocycles. The number of anilines is 1. The van der Waals surface area contributed by atoms with E-state index in [1.807, 2.05) is 41.6 Å². The molecule has 2 nitrogen and oxygen atoms in total. The van der Waals surface area contributed by atoms with Gasteiger partial charge in [-0.3, -0.25) is 0 Å². The summed E-state index contributed by atoms with van der Waals surface area (Å²) in [5, 5.41) is 4.23. The highest BCUT2D eigenvalue weighted by Crippen LogP contribution is 2.34. The Balaban J connectivity index is 2.19. The van der Waals surface area contributed by atoms with Crippen LogP contribution in [0.3, 0.4) is 0 Å². The summed E-state index contributed by atoms with van der Waals surface area (Å²) in [6, 6.07) is 14.2. The van der Waals surface area contributed by atoms with Crippen LogP contribution in [0.15, 0.2) is 54.9 Å². The van der Waals surface area contributed by atoms with Crippen molar-refractivity contribution in [1.82, 2.24) is 4.98 Å². The average Bonchev–Trinajstić information content (AvgIpc) is 3.21. The summed E-state index contributed by atoms with van der Waals surface area (Å²) in [7, 11) is 0. The van der Waals surface area contributed by atoms with E-state index in [1.165, 1.54) is 5.39 Å². The number of rotatable bonds is 1. The van der Waals surface area contributed by atoms with Gasteiger partial charge in [-0.1, -0.05) is 41.9 Å². The van der Waals surface area contributed by atoms with Crippen LogP contribution in [0.4, 0.5) is 5.82 Å². The second-order valence-electron chi connectivity index (χ2n) is 4.35. The smallest absolute Gasteiger partial charge is 0.145 e. The number of halogens is 1. The van der Waals surface area contributed by atoms with Crippen molar-refractivity contribution in [2.45, 2.75) is 0 Å². The summed E-state index contributed by atoms with van der Waals surface area (Å²) in [6.45, 7) is 0. The lowest BCUT2D eigenvalue weighted by Gasteiger charge is -2.10. The molecule has 4 rings (SSSR count). The predicted molar refractivity (Wildman–Crippen MR) is 75.9 cm³/mol. The first-order valence-corrected chi connectivity index (χ1v) is 6.15. The van der Waals surface area contributed by atoms with Gasteiger partial charge >= 0.3 is 0 Å². The molecule has 18 heavy (non-hydrogen) atoms. The van der Waals surface area contributed by atoms with Gasteiger partial charge in [0.1, 0.15) is 5.82 Å². The van der Waals surface area contributed by atoms with E-state index in [0.29, 0.717) is 0 Å². The molecule has 86 valence electrons. The highest BCUT2D eigenvalue weighted by atomic mass is 35.5. The van der Waals surface area contributed by atoms with E-state index >= 15 is 0 Å². The van der Waals surface area contributed by atoms with E-state index in [2.05, 4.69) is 18.2 Å². The van der Waals surface area contributed by atoms with Gasteiger partial charge in [0.05, 0.1) is 5.52 Å². The number of pyridine rings is 1. The number of fused-ring (bicyclic) bond motifs is 3. The maximum Gasteiger partial charge on any atom is 0.145 e. The average molecular weight is 253 g/mol. The maximum absolute atomic E-state index is 6.05. The van der Waals surface area contributed by atoms with Gasteiger partial charge in [-0.15, -0.1) is 0 Å². The molecule has 0 amide bonds. The Hall–Kier alpha value is -2.06. The first-order valence-electron chi connectivity index (χ1n) is 5.77. The van der Waals surface area contributed by atoms with Crippen LogP contribution < -0.4 is 4.90 Å². The summed E-state index contributed by atoms with van der Waals surface area (Å²) >= 11 is 6.05. The Kier molecular flexibility index (Phi) is 1.91. The van der Waals surface area contributed by atoms with Crippen LogP contribution in [0.1, 0.15) is 0 Å². The molecule has 2 heterocycles. The molecule has 2 aromatic carbocycles. The van der Waals surface area contributed by atoms with Gasteiger partial charge in [0.25, 0.3) is 0 Å². The van der Waals surface area contributed by atoms with E-state index in [0.717, 1.165) is 27.1 Å². The zero-order valence-electron chi connectivity index (χ0n) is 9.47. The zero-order chi connectivity index (χ0) is 12.1. The van der Waals surface area contributed by atoms with Crippen LogP contribution >= 0.6 is 11.6 Å². The fourth-order valence-electron chi connectivity index (χ4n) is 2.28. The van der Waals surface area contributed by atoms with Crippen LogP contribution in [0.5, 0.6) is 0 Å². The standard InChI is InChI=1S/C15H9ClN2/c16-10-5-6-12-11-3-1-2-4-13(11)15(18-7-8-18)17-14(12)9-10/h1-9H. The van der Waals surface area contributed by atoms with E-state index in [1.54, 1.807) is 0 Å². The minimum atomic E-state index is 0.718. The molecule has 3 heteroatoms. The molecule has 1 aromatic heterocycles. The van der Waals surface area contributed by atoms with Gasteiger partial charge < -0.3 is 4.90 Å². The number of hydrogen-bond acceptors (Lipinski definition) is 2. The second kappa shape index (κ2) is 3.47. The lowest BCUT2D eigenvalue weighted by molar-refractivity contribution is 1.33. The number of benzene rings is 2. The molecule has 0 aliphatic carbocycles. The second-order valence-corrected chi connectivity index (χ2v) is 4.78. The maximum atomic E-state index is 6.05. The third kappa shape index (κ3) is 1.39. The van der Waals surface area contributed by atoms with Crippen molar-refractivity contribution in [2.24, 2.45) is 0 Å². The van der Waals surface area contributed by atoms with Gasteiger partial charge in [-0.2, -0.15) is 0 Å².